The molecule has 0 aliphatic heterocycles. The molecule has 2 aromatic rings. The molecule has 112 valence electrons. The lowest BCUT2D eigenvalue weighted by Gasteiger charge is -2.35. The fourth-order valence-corrected chi connectivity index (χ4v) is 3.18. The van der Waals surface area contributed by atoms with Crippen molar-refractivity contribution < 1.29 is 4.39 Å². The predicted molar refractivity (Wildman–Crippen MR) is 90.4 cm³/mol. The van der Waals surface area contributed by atoms with Crippen LogP contribution in [-0.2, 0) is 5.41 Å². The van der Waals surface area contributed by atoms with Gasteiger partial charge in [0.25, 0.3) is 0 Å². The van der Waals surface area contributed by atoms with Crippen LogP contribution in [-0.4, -0.2) is 7.05 Å². The molecule has 0 spiro atoms. The molecule has 0 aliphatic carbocycles. The van der Waals surface area contributed by atoms with Crippen LogP contribution >= 0.6 is 27.5 Å². The third kappa shape index (κ3) is 3.15. The normalized spacial score (nSPS) is 13.2. The summed E-state index contributed by atoms with van der Waals surface area (Å²) in [4.78, 5) is 0. The van der Waals surface area contributed by atoms with Gasteiger partial charge in [0, 0.05) is 21.5 Å². The van der Waals surface area contributed by atoms with Gasteiger partial charge in [-0.05, 0) is 34.6 Å². The van der Waals surface area contributed by atoms with Crippen LogP contribution in [0.3, 0.4) is 0 Å². The topological polar surface area (TPSA) is 12.0 Å². The molecule has 2 aromatic carbocycles. The highest BCUT2D eigenvalue weighted by Gasteiger charge is 2.33. The smallest absolute Gasteiger partial charge is 0.147 e. The van der Waals surface area contributed by atoms with Crippen molar-refractivity contribution in [1.82, 2.24) is 5.32 Å². The Bertz CT molecular complexity index is 628. The lowest BCUT2D eigenvalue weighted by Crippen LogP contribution is -2.36. The standard InChI is InChI=1S/C17H18BrClFN/c1-17(2,11-7-5-4-6-8-11)16(21-3)12-9-10-13(18)14(19)15(12)20/h4-10,16,21H,1-3H3. The summed E-state index contributed by atoms with van der Waals surface area (Å²) in [6, 6.07) is 13.5. The molecule has 0 bridgehead atoms. The van der Waals surface area contributed by atoms with Crippen LogP contribution in [0.4, 0.5) is 4.39 Å². The van der Waals surface area contributed by atoms with Gasteiger partial charge in [0.1, 0.15) is 5.82 Å². The average Bonchev–Trinajstić information content (AvgIpc) is 2.48. The molecule has 1 nitrogen and oxygen atoms in total. The first-order valence-electron chi connectivity index (χ1n) is 6.75. The van der Waals surface area contributed by atoms with E-state index in [1.165, 1.54) is 0 Å². The van der Waals surface area contributed by atoms with Gasteiger partial charge < -0.3 is 5.32 Å². The zero-order valence-electron chi connectivity index (χ0n) is 12.3. The zero-order chi connectivity index (χ0) is 15.6. The molecule has 0 fully saturated rings. The number of hydrogen-bond donors (Lipinski definition) is 1. The fraction of sp³-hybridized carbons (Fsp3) is 0.294. The lowest BCUT2D eigenvalue weighted by atomic mass is 9.75. The Kier molecular flexibility index (Phi) is 5.07. The molecule has 2 rings (SSSR count). The van der Waals surface area contributed by atoms with E-state index in [1.54, 1.807) is 12.1 Å². The Morgan fingerprint density at radius 1 is 1.14 bits per heavy atom. The van der Waals surface area contributed by atoms with Crippen molar-refractivity contribution in [1.29, 1.82) is 0 Å². The zero-order valence-corrected chi connectivity index (χ0v) is 14.6. The Morgan fingerprint density at radius 3 is 2.33 bits per heavy atom. The molecule has 1 atom stereocenters. The highest BCUT2D eigenvalue weighted by atomic mass is 79.9. The molecule has 0 aromatic heterocycles. The van der Waals surface area contributed by atoms with Gasteiger partial charge in [0.2, 0.25) is 0 Å². The first-order chi connectivity index (χ1) is 9.89. The van der Waals surface area contributed by atoms with E-state index >= 15 is 0 Å². The molecular weight excluding hydrogens is 353 g/mol. The Balaban J connectivity index is 2.52. The number of hydrogen-bond acceptors (Lipinski definition) is 1. The largest absolute Gasteiger partial charge is 0.312 e. The Hall–Kier alpha value is -0.900. The molecule has 0 heterocycles. The van der Waals surface area contributed by atoms with Gasteiger partial charge in [-0.25, -0.2) is 4.39 Å². The van der Waals surface area contributed by atoms with E-state index in [4.69, 9.17) is 11.6 Å². The van der Waals surface area contributed by atoms with Crippen LogP contribution < -0.4 is 5.32 Å². The van der Waals surface area contributed by atoms with Crippen LogP contribution in [0.2, 0.25) is 5.02 Å². The molecule has 0 amide bonds. The summed E-state index contributed by atoms with van der Waals surface area (Å²) in [7, 11) is 1.84. The maximum Gasteiger partial charge on any atom is 0.147 e. The Morgan fingerprint density at radius 2 is 1.76 bits per heavy atom. The highest BCUT2D eigenvalue weighted by molar-refractivity contribution is 9.10. The van der Waals surface area contributed by atoms with E-state index in [9.17, 15) is 4.39 Å². The third-order valence-corrected chi connectivity index (χ3v) is 5.16. The minimum Gasteiger partial charge on any atom is -0.312 e. The van der Waals surface area contributed by atoms with Crippen LogP contribution in [0.1, 0.15) is 31.0 Å². The van der Waals surface area contributed by atoms with Gasteiger partial charge in [-0.15, -0.1) is 0 Å². The molecule has 0 aliphatic rings. The van der Waals surface area contributed by atoms with Crippen molar-refractivity contribution in [3.05, 3.63) is 68.9 Å². The van der Waals surface area contributed by atoms with Gasteiger partial charge in [0.15, 0.2) is 0 Å². The van der Waals surface area contributed by atoms with Gasteiger partial charge in [-0.3, -0.25) is 0 Å². The Labute approximate surface area is 138 Å². The molecule has 21 heavy (non-hydrogen) atoms. The lowest BCUT2D eigenvalue weighted by molar-refractivity contribution is 0.357. The second kappa shape index (κ2) is 6.47. The second-order valence-corrected chi connectivity index (χ2v) is 6.81. The van der Waals surface area contributed by atoms with Crippen molar-refractivity contribution in [2.75, 3.05) is 7.05 Å². The molecule has 1 N–H and O–H groups in total. The molecule has 0 saturated carbocycles. The molecule has 1 unspecified atom stereocenters. The van der Waals surface area contributed by atoms with Crippen molar-refractivity contribution in [3.8, 4) is 0 Å². The van der Waals surface area contributed by atoms with Gasteiger partial charge in [0.05, 0.1) is 5.02 Å². The van der Waals surface area contributed by atoms with E-state index < -0.39 is 0 Å². The summed E-state index contributed by atoms with van der Waals surface area (Å²) in [5.74, 6) is -0.380. The van der Waals surface area contributed by atoms with Crippen molar-refractivity contribution in [3.63, 3.8) is 0 Å². The highest BCUT2D eigenvalue weighted by Crippen LogP contribution is 2.40. The predicted octanol–water partition coefficient (Wildman–Crippen LogP) is 5.48. The molecule has 0 saturated heterocycles. The summed E-state index contributed by atoms with van der Waals surface area (Å²) in [6.45, 7) is 4.19. The molecular formula is C17H18BrClFN. The van der Waals surface area contributed by atoms with Crippen LogP contribution in [0.25, 0.3) is 0 Å². The number of halogens is 3. The number of nitrogens with one attached hydrogen (secondary N) is 1. The minimum absolute atomic E-state index is 0.122. The van der Waals surface area contributed by atoms with Crippen LogP contribution in [0, 0.1) is 5.82 Å². The van der Waals surface area contributed by atoms with Gasteiger partial charge in [-0.2, -0.15) is 0 Å². The SMILES string of the molecule is CNC(c1ccc(Br)c(Cl)c1F)C(C)(C)c1ccccc1. The number of likely N-dealkylation sites (N-methyl/N-ethyl adjacent to an activating group) is 1. The fourth-order valence-electron chi connectivity index (χ4n) is 2.70. The first kappa shape index (κ1) is 16.5. The summed E-state index contributed by atoms with van der Waals surface area (Å²) < 4.78 is 15.1. The maximum absolute atomic E-state index is 14.5. The van der Waals surface area contributed by atoms with Crippen molar-refractivity contribution in [2.24, 2.45) is 0 Å². The van der Waals surface area contributed by atoms with Gasteiger partial charge in [-0.1, -0.05) is 61.8 Å². The first-order valence-corrected chi connectivity index (χ1v) is 7.93. The van der Waals surface area contributed by atoms with Crippen molar-refractivity contribution in [2.45, 2.75) is 25.3 Å². The molecule has 4 heteroatoms. The van der Waals surface area contributed by atoms with Crippen LogP contribution in [0.15, 0.2) is 46.9 Å². The van der Waals surface area contributed by atoms with E-state index in [0.717, 1.165) is 5.56 Å². The average molecular weight is 371 g/mol. The van der Waals surface area contributed by atoms with E-state index in [-0.39, 0.29) is 22.3 Å². The monoisotopic (exact) mass is 369 g/mol. The quantitative estimate of drug-likeness (QED) is 0.703. The van der Waals surface area contributed by atoms with E-state index in [2.05, 4.69) is 47.2 Å². The maximum atomic E-state index is 14.5. The molecule has 0 radical (unpaired) electrons. The van der Waals surface area contributed by atoms with Crippen LogP contribution in [0.5, 0.6) is 0 Å². The summed E-state index contributed by atoms with van der Waals surface area (Å²) in [5, 5.41) is 3.35. The summed E-state index contributed by atoms with van der Waals surface area (Å²) in [6.07, 6.45) is 0. The van der Waals surface area contributed by atoms with Crippen molar-refractivity contribution >= 4 is 27.5 Å². The summed E-state index contributed by atoms with van der Waals surface area (Å²) >= 11 is 9.28. The number of benzene rings is 2. The van der Waals surface area contributed by atoms with Gasteiger partial charge >= 0.3 is 0 Å². The van der Waals surface area contributed by atoms with E-state index in [1.807, 2.05) is 25.2 Å². The minimum atomic E-state index is -0.380. The third-order valence-electron chi connectivity index (χ3n) is 3.90. The number of rotatable bonds is 4. The second-order valence-electron chi connectivity index (χ2n) is 5.57. The van der Waals surface area contributed by atoms with E-state index in [0.29, 0.717) is 10.0 Å². The summed E-state index contributed by atoms with van der Waals surface area (Å²) in [5.41, 5.74) is 1.43.